The fourth-order valence-corrected chi connectivity index (χ4v) is 7.28. The third-order valence-electron chi connectivity index (χ3n) is 8.29. The van der Waals surface area contributed by atoms with Crippen LogP contribution in [0.2, 0.25) is 0 Å². The number of rotatable bonds is 10. The first-order chi connectivity index (χ1) is 21.6. The maximum absolute atomic E-state index is 13.2. The number of carbonyl (C=O) groups is 1. The van der Waals surface area contributed by atoms with Gasteiger partial charge in [0, 0.05) is 41.5 Å². The molecule has 0 spiro atoms. The van der Waals surface area contributed by atoms with Gasteiger partial charge >= 0.3 is 0 Å². The van der Waals surface area contributed by atoms with Crippen LogP contribution in [0.4, 0.5) is 11.4 Å². The van der Waals surface area contributed by atoms with Gasteiger partial charge in [-0.1, -0.05) is 38.1 Å². The van der Waals surface area contributed by atoms with Gasteiger partial charge in [0.1, 0.15) is 0 Å². The Morgan fingerprint density at radius 3 is 2.29 bits per heavy atom. The number of piperidine rings is 1. The Morgan fingerprint density at radius 2 is 1.58 bits per heavy atom. The Bertz CT molecular complexity index is 1730. The molecular formula is C35H37N3O5S2. The van der Waals surface area contributed by atoms with E-state index < -0.39 is 15.9 Å². The lowest BCUT2D eigenvalue weighted by Crippen LogP contribution is -2.37. The molecule has 1 amide bonds. The van der Waals surface area contributed by atoms with Gasteiger partial charge < -0.3 is 19.3 Å². The third kappa shape index (κ3) is 7.57. The van der Waals surface area contributed by atoms with Crippen molar-refractivity contribution in [3.05, 3.63) is 108 Å². The lowest BCUT2D eigenvalue weighted by Gasteiger charge is -2.38. The van der Waals surface area contributed by atoms with Crippen LogP contribution >= 0.6 is 11.8 Å². The molecule has 0 unspecified atom stereocenters. The third-order valence-corrected chi connectivity index (χ3v) is 10.7. The van der Waals surface area contributed by atoms with Crippen molar-refractivity contribution >= 4 is 39.1 Å². The summed E-state index contributed by atoms with van der Waals surface area (Å²) in [7, 11) is -4.08. The van der Waals surface area contributed by atoms with Crippen molar-refractivity contribution < 1.29 is 22.7 Å². The molecule has 2 heterocycles. The number of nitrogens with zero attached hydrogens (tertiary/aromatic N) is 2. The number of nitrogens with one attached hydrogen (secondary N) is 1. The van der Waals surface area contributed by atoms with Gasteiger partial charge in [-0.3, -0.25) is 4.79 Å². The zero-order chi connectivity index (χ0) is 31.4. The minimum absolute atomic E-state index is 0.0193. The molecule has 0 bridgehead atoms. The number of hydrogen-bond acceptors (Lipinski definition) is 8. The van der Waals surface area contributed by atoms with Gasteiger partial charge in [-0.15, -0.1) is 11.8 Å². The summed E-state index contributed by atoms with van der Waals surface area (Å²) in [5.74, 6) is 1.41. The molecule has 1 N–H and O–H groups in total. The second kappa shape index (κ2) is 13.1. The normalized spacial score (nSPS) is 15.5. The molecule has 4 aromatic carbocycles. The van der Waals surface area contributed by atoms with Crippen molar-refractivity contribution in [3.63, 3.8) is 0 Å². The lowest BCUT2D eigenvalue weighted by molar-refractivity contribution is 0.0981. The second-order valence-corrected chi connectivity index (χ2v) is 14.8. The van der Waals surface area contributed by atoms with Crippen LogP contribution in [0.1, 0.15) is 42.6 Å². The molecule has 1 fully saturated rings. The van der Waals surface area contributed by atoms with Crippen LogP contribution in [0.3, 0.4) is 0 Å². The standard InChI is InChI=1S/C35H37N3O5S2/c1-35(2)18-20-37(21-19-35)28-11-9-27(10-12-28)34(39)36-45(40,41)31-15-13-29(14-16-31)38(24-44-30-6-4-3-5-7-30)23-26-8-17-32-33(22-26)43-25-42-32/h3-17,22H,18-21,23-25H2,1-2H3,(H,36,39). The van der Waals surface area contributed by atoms with E-state index in [1.54, 1.807) is 36.0 Å². The number of amides is 1. The summed E-state index contributed by atoms with van der Waals surface area (Å²) in [4.78, 5) is 18.6. The second-order valence-electron chi connectivity index (χ2n) is 12.1. The summed E-state index contributed by atoms with van der Waals surface area (Å²) in [6.45, 7) is 7.28. The molecule has 0 radical (unpaired) electrons. The first kappa shape index (κ1) is 30.9. The van der Waals surface area contributed by atoms with E-state index in [0.717, 1.165) is 53.5 Å². The maximum Gasteiger partial charge on any atom is 0.264 e. The van der Waals surface area contributed by atoms with Crippen LogP contribution in [-0.4, -0.2) is 40.1 Å². The molecule has 2 aliphatic rings. The van der Waals surface area contributed by atoms with Crippen molar-refractivity contribution in [3.8, 4) is 11.5 Å². The topological polar surface area (TPSA) is 88.2 Å². The van der Waals surface area contributed by atoms with Crippen molar-refractivity contribution in [1.82, 2.24) is 4.72 Å². The number of anilines is 2. The number of benzene rings is 4. The summed E-state index contributed by atoms with van der Waals surface area (Å²) in [6, 6.07) is 29.7. The Hall–Kier alpha value is -4.15. The van der Waals surface area contributed by atoms with Crippen LogP contribution in [0.5, 0.6) is 11.5 Å². The van der Waals surface area contributed by atoms with E-state index in [9.17, 15) is 13.2 Å². The first-order valence-corrected chi connectivity index (χ1v) is 17.5. The average molecular weight is 644 g/mol. The molecule has 1 saturated heterocycles. The van der Waals surface area contributed by atoms with E-state index in [-0.39, 0.29) is 11.7 Å². The highest BCUT2D eigenvalue weighted by Gasteiger charge is 2.26. The number of fused-ring (bicyclic) bond motifs is 1. The number of ether oxygens (including phenoxy) is 2. The Morgan fingerprint density at radius 1 is 0.889 bits per heavy atom. The van der Waals surface area contributed by atoms with Crippen molar-refractivity contribution in [2.75, 3.05) is 35.6 Å². The molecule has 0 aromatic heterocycles. The minimum Gasteiger partial charge on any atom is -0.454 e. The largest absolute Gasteiger partial charge is 0.454 e. The molecule has 8 nitrogen and oxygen atoms in total. The summed E-state index contributed by atoms with van der Waals surface area (Å²) in [5, 5.41) is 0. The summed E-state index contributed by atoms with van der Waals surface area (Å²) in [6.07, 6.45) is 2.21. The Kier molecular flexibility index (Phi) is 8.96. The quantitative estimate of drug-likeness (QED) is 0.147. The monoisotopic (exact) mass is 643 g/mol. The number of thioether (sulfide) groups is 1. The Labute approximate surface area is 269 Å². The van der Waals surface area contributed by atoms with Crippen LogP contribution in [0, 0.1) is 5.41 Å². The maximum atomic E-state index is 13.2. The Balaban J connectivity index is 1.14. The fraction of sp³-hybridized carbons (Fsp3) is 0.286. The molecule has 0 atom stereocenters. The summed E-state index contributed by atoms with van der Waals surface area (Å²) >= 11 is 1.69. The van der Waals surface area contributed by atoms with Gasteiger partial charge in [0.2, 0.25) is 6.79 Å². The van der Waals surface area contributed by atoms with Gasteiger partial charge in [-0.25, -0.2) is 13.1 Å². The highest BCUT2D eigenvalue weighted by molar-refractivity contribution is 7.99. The molecule has 0 aliphatic carbocycles. The summed E-state index contributed by atoms with van der Waals surface area (Å²) in [5.41, 5.74) is 3.56. The zero-order valence-corrected chi connectivity index (χ0v) is 27.1. The first-order valence-electron chi connectivity index (χ1n) is 15.0. The number of sulfonamides is 1. The minimum atomic E-state index is -4.08. The van der Waals surface area contributed by atoms with Gasteiger partial charge in [-0.2, -0.15) is 0 Å². The van der Waals surface area contributed by atoms with Crippen molar-refractivity contribution in [2.24, 2.45) is 5.41 Å². The van der Waals surface area contributed by atoms with Gasteiger partial charge in [-0.05, 0) is 96.6 Å². The van der Waals surface area contributed by atoms with Crippen LogP contribution in [0.25, 0.3) is 0 Å². The van der Waals surface area contributed by atoms with Gasteiger partial charge in [0.05, 0.1) is 10.8 Å². The molecule has 6 rings (SSSR count). The molecule has 45 heavy (non-hydrogen) atoms. The van der Waals surface area contributed by atoms with E-state index in [2.05, 4.69) is 40.5 Å². The molecule has 10 heteroatoms. The molecule has 4 aromatic rings. The zero-order valence-electron chi connectivity index (χ0n) is 25.4. The number of carbonyl (C=O) groups excluding carboxylic acids is 1. The van der Waals surface area contributed by atoms with E-state index in [0.29, 0.717) is 29.1 Å². The van der Waals surface area contributed by atoms with Gasteiger partial charge in [0.25, 0.3) is 15.9 Å². The van der Waals surface area contributed by atoms with Crippen LogP contribution in [-0.2, 0) is 16.6 Å². The molecule has 234 valence electrons. The highest BCUT2D eigenvalue weighted by atomic mass is 32.2. The SMILES string of the molecule is CC1(C)CCN(c2ccc(C(=O)NS(=O)(=O)c3ccc(N(CSc4ccccc4)Cc4ccc5c(c4)OCO5)cc3)cc2)CC1. The average Bonchev–Trinajstić information content (AvgIpc) is 3.52. The molecular weight excluding hydrogens is 607 g/mol. The predicted molar refractivity (Wildman–Crippen MR) is 179 cm³/mol. The summed E-state index contributed by atoms with van der Waals surface area (Å²) < 4.78 is 39.7. The van der Waals surface area contributed by atoms with Crippen molar-refractivity contribution in [2.45, 2.75) is 43.0 Å². The van der Waals surface area contributed by atoms with E-state index in [4.69, 9.17) is 9.47 Å². The molecule has 0 saturated carbocycles. The van der Waals surface area contributed by atoms with Crippen LogP contribution in [0.15, 0.2) is 107 Å². The van der Waals surface area contributed by atoms with Crippen LogP contribution < -0.4 is 24.0 Å². The fourth-order valence-electron chi connectivity index (χ4n) is 5.41. The molecule has 2 aliphatic heterocycles. The van der Waals surface area contributed by atoms with Crippen molar-refractivity contribution in [1.29, 1.82) is 0 Å². The van der Waals surface area contributed by atoms with E-state index >= 15 is 0 Å². The van der Waals surface area contributed by atoms with Gasteiger partial charge in [0.15, 0.2) is 11.5 Å². The van der Waals surface area contributed by atoms with E-state index in [1.165, 1.54) is 12.1 Å². The smallest absolute Gasteiger partial charge is 0.264 e. The van der Waals surface area contributed by atoms with E-state index in [1.807, 2.05) is 48.5 Å². The lowest BCUT2D eigenvalue weighted by atomic mass is 9.82. The highest BCUT2D eigenvalue weighted by Crippen LogP contribution is 2.34. The predicted octanol–water partition coefficient (Wildman–Crippen LogP) is 6.92. The number of hydrogen-bond donors (Lipinski definition) is 1.